The summed E-state index contributed by atoms with van der Waals surface area (Å²) in [6.07, 6.45) is 1.27. The lowest BCUT2D eigenvalue weighted by molar-refractivity contribution is 0.603. The molecule has 1 rings (SSSR count). The molecule has 0 amide bonds. The van der Waals surface area contributed by atoms with E-state index in [0.29, 0.717) is 11.0 Å². The zero-order valence-electron chi connectivity index (χ0n) is 9.51. The van der Waals surface area contributed by atoms with Gasteiger partial charge in [-0.1, -0.05) is 12.1 Å². The highest BCUT2D eigenvalue weighted by molar-refractivity contribution is 8.00. The minimum atomic E-state index is -2.85. The molecule has 0 fully saturated rings. The standard InChI is InChI=1S/C11H17NO2S2/c1-9(15-7-8-16(2,13)14)10-3-5-11(12)6-4-10/h3-6,9H,7-8,12H2,1-2H3. The number of benzene rings is 1. The lowest BCUT2D eigenvalue weighted by Crippen LogP contribution is -2.06. The van der Waals surface area contributed by atoms with E-state index in [1.54, 1.807) is 11.8 Å². The van der Waals surface area contributed by atoms with Gasteiger partial charge in [-0.05, 0) is 24.6 Å². The van der Waals surface area contributed by atoms with Crippen LogP contribution in [0.15, 0.2) is 24.3 Å². The molecule has 3 nitrogen and oxygen atoms in total. The van der Waals surface area contributed by atoms with Gasteiger partial charge in [-0.3, -0.25) is 0 Å². The van der Waals surface area contributed by atoms with Crippen LogP contribution < -0.4 is 5.73 Å². The van der Waals surface area contributed by atoms with E-state index in [0.717, 1.165) is 5.69 Å². The van der Waals surface area contributed by atoms with Crippen molar-refractivity contribution in [2.45, 2.75) is 12.2 Å². The molecular weight excluding hydrogens is 242 g/mol. The molecule has 90 valence electrons. The van der Waals surface area contributed by atoms with E-state index in [1.165, 1.54) is 11.8 Å². The summed E-state index contributed by atoms with van der Waals surface area (Å²) in [7, 11) is -2.85. The average molecular weight is 259 g/mol. The van der Waals surface area contributed by atoms with E-state index < -0.39 is 9.84 Å². The third-order valence-corrected chi connectivity index (χ3v) is 4.64. The summed E-state index contributed by atoms with van der Waals surface area (Å²) in [5, 5.41) is 0.294. The van der Waals surface area contributed by atoms with Gasteiger partial charge >= 0.3 is 0 Å². The summed E-state index contributed by atoms with van der Waals surface area (Å²) < 4.78 is 21.9. The summed E-state index contributed by atoms with van der Waals surface area (Å²) in [4.78, 5) is 0. The van der Waals surface area contributed by atoms with Crippen LogP contribution in [0.4, 0.5) is 5.69 Å². The quantitative estimate of drug-likeness (QED) is 0.823. The molecule has 0 spiro atoms. The first-order valence-electron chi connectivity index (χ1n) is 5.03. The molecule has 16 heavy (non-hydrogen) atoms. The van der Waals surface area contributed by atoms with Crippen molar-refractivity contribution in [3.8, 4) is 0 Å². The van der Waals surface area contributed by atoms with Gasteiger partial charge in [0.1, 0.15) is 9.84 Å². The van der Waals surface area contributed by atoms with E-state index >= 15 is 0 Å². The van der Waals surface area contributed by atoms with E-state index in [9.17, 15) is 8.42 Å². The zero-order chi connectivity index (χ0) is 12.2. The van der Waals surface area contributed by atoms with Crippen molar-refractivity contribution in [1.29, 1.82) is 0 Å². The predicted octanol–water partition coefficient (Wildman–Crippen LogP) is 2.11. The molecule has 0 heterocycles. The van der Waals surface area contributed by atoms with E-state index in [2.05, 4.69) is 6.92 Å². The molecule has 0 radical (unpaired) electrons. The van der Waals surface area contributed by atoms with E-state index in [4.69, 9.17) is 5.73 Å². The molecule has 0 aromatic heterocycles. The maximum absolute atomic E-state index is 11.0. The van der Waals surface area contributed by atoms with Crippen LogP contribution in [-0.4, -0.2) is 26.2 Å². The SMILES string of the molecule is CC(SCCS(C)(=O)=O)c1ccc(N)cc1. The van der Waals surface area contributed by atoms with Gasteiger partial charge in [0.2, 0.25) is 0 Å². The van der Waals surface area contributed by atoms with Crippen LogP contribution >= 0.6 is 11.8 Å². The molecule has 1 aromatic rings. The summed E-state index contributed by atoms with van der Waals surface area (Å²) in [6, 6.07) is 7.69. The van der Waals surface area contributed by atoms with E-state index in [1.807, 2.05) is 24.3 Å². The number of rotatable bonds is 5. The number of nitrogens with two attached hydrogens (primary N) is 1. The molecule has 1 unspecified atom stereocenters. The van der Waals surface area contributed by atoms with Gasteiger partial charge in [-0.25, -0.2) is 8.42 Å². The molecule has 0 saturated heterocycles. The van der Waals surface area contributed by atoms with Gasteiger partial charge in [0.15, 0.2) is 0 Å². The van der Waals surface area contributed by atoms with Crippen LogP contribution in [0.3, 0.4) is 0 Å². The number of sulfone groups is 1. The summed E-state index contributed by atoms with van der Waals surface area (Å²) in [6.45, 7) is 2.07. The van der Waals surface area contributed by atoms with Crippen molar-refractivity contribution >= 4 is 27.3 Å². The highest BCUT2D eigenvalue weighted by Crippen LogP contribution is 2.28. The second-order valence-corrected chi connectivity index (χ2v) is 7.52. The fourth-order valence-electron chi connectivity index (χ4n) is 1.24. The van der Waals surface area contributed by atoms with Crippen LogP contribution in [0.2, 0.25) is 0 Å². The lowest BCUT2D eigenvalue weighted by atomic mass is 10.1. The average Bonchev–Trinajstić information content (AvgIpc) is 2.16. The minimum Gasteiger partial charge on any atom is -0.399 e. The second kappa shape index (κ2) is 5.59. The maximum atomic E-state index is 11.0. The first-order chi connectivity index (χ1) is 7.38. The van der Waals surface area contributed by atoms with Crippen LogP contribution in [0.25, 0.3) is 0 Å². The zero-order valence-corrected chi connectivity index (χ0v) is 11.1. The number of nitrogen functional groups attached to an aromatic ring is 1. The van der Waals surface area contributed by atoms with Crippen molar-refractivity contribution in [3.63, 3.8) is 0 Å². The molecular formula is C11H17NO2S2. The Morgan fingerprint density at radius 1 is 1.31 bits per heavy atom. The Hall–Kier alpha value is -0.680. The fraction of sp³-hybridized carbons (Fsp3) is 0.455. The Labute approximate surface area is 101 Å². The van der Waals surface area contributed by atoms with Gasteiger partial charge in [-0.15, -0.1) is 0 Å². The Morgan fingerprint density at radius 2 is 1.88 bits per heavy atom. The van der Waals surface area contributed by atoms with Crippen LogP contribution in [0, 0.1) is 0 Å². The van der Waals surface area contributed by atoms with Crippen molar-refractivity contribution in [1.82, 2.24) is 0 Å². The van der Waals surface area contributed by atoms with Crippen molar-refractivity contribution in [2.24, 2.45) is 0 Å². The molecule has 1 atom stereocenters. The Balaban J connectivity index is 2.47. The predicted molar refractivity (Wildman–Crippen MR) is 71.4 cm³/mol. The Bertz CT molecular complexity index is 426. The summed E-state index contributed by atoms with van der Waals surface area (Å²) >= 11 is 1.64. The molecule has 1 aromatic carbocycles. The fourth-order valence-corrected chi connectivity index (χ4v) is 3.54. The van der Waals surface area contributed by atoms with Gasteiger partial charge in [-0.2, -0.15) is 11.8 Å². The summed E-state index contributed by atoms with van der Waals surface area (Å²) in [5.74, 6) is 0.862. The summed E-state index contributed by atoms with van der Waals surface area (Å²) in [5.41, 5.74) is 7.52. The highest BCUT2D eigenvalue weighted by Gasteiger charge is 2.08. The van der Waals surface area contributed by atoms with Crippen LogP contribution in [-0.2, 0) is 9.84 Å². The van der Waals surface area contributed by atoms with E-state index in [-0.39, 0.29) is 5.75 Å². The lowest BCUT2D eigenvalue weighted by Gasteiger charge is -2.11. The number of anilines is 1. The monoisotopic (exact) mass is 259 g/mol. The third-order valence-electron chi connectivity index (χ3n) is 2.23. The van der Waals surface area contributed by atoms with Gasteiger partial charge in [0, 0.05) is 22.9 Å². The van der Waals surface area contributed by atoms with Crippen LogP contribution in [0.5, 0.6) is 0 Å². The van der Waals surface area contributed by atoms with Gasteiger partial charge < -0.3 is 5.73 Å². The molecule has 0 aliphatic rings. The second-order valence-electron chi connectivity index (χ2n) is 3.81. The first kappa shape index (κ1) is 13.4. The Morgan fingerprint density at radius 3 is 2.38 bits per heavy atom. The maximum Gasteiger partial charge on any atom is 0.148 e. The smallest absolute Gasteiger partial charge is 0.148 e. The van der Waals surface area contributed by atoms with Crippen molar-refractivity contribution in [3.05, 3.63) is 29.8 Å². The topological polar surface area (TPSA) is 60.2 Å². The number of hydrogen-bond donors (Lipinski definition) is 1. The molecule has 0 saturated carbocycles. The van der Waals surface area contributed by atoms with Crippen LogP contribution in [0.1, 0.15) is 17.7 Å². The van der Waals surface area contributed by atoms with Crippen molar-refractivity contribution in [2.75, 3.05) is 23.5 Å². The normalized spacial score (nSPS) is 13.6. The largest absolute Gasteiger partial charge is 0.399 e. The molecule has 2 N–H and O–H groups in total. The highest BCUT2D eigenvalue weighted by atomic mass is 32.2. The van der Waals surface area contributed by atoms with Crippen molar-refractivity contribution < 1.29 is 8.42 Å². The molecule has 0 bridgehead atoms. The Kier molecular flexibility index (Phi) is 4.68. The van der Waals surface area contributed by atoms with Gasteiger partial charge in [0.25, 0.3) is 0 Å². The molecule has 5 heteroatoms. The first-order valence-corrected chi connectivity index (χ1v) is 8.14. The third kappa shape index (κ3) is 4.90. The number of thioether (sulfide) groups is 1. The number of hydrogen-bond acceptors (Lipinski definition) is 4. The molecule has 0 aliphatic carbocycles. The molecule has 0 aliphatic heterocycles. The minimum absolute atomic E-state index is 0.233. The van der Waals surface area contributed by atoms with Gasteiger partial charge in [0.05, 0.1) is 5.75 Å².